The summed E-state index contributed by atoms with van der Waals surface area (Å²) < 4.78 is 6.22. The molecule has 1 aromatic carbocycles. The van der Waals surface area contributed by atoms with Crippen molar-refractivity contribution in [2.45, 2.75) is 19.3 Å². The van der Waals surface area contributed by atoms with Crippen molar-refractivity contribution in [1.82, 2.24) is 0 Å². The molecule has 0 heterocycles. The van der Waals surface area contributed by atoms with Crippen molar-refractivity contribution >= 4 is 21.9 Å². The number of carbonyl (C=O) groups is 1. The number of ether oxygens (including phenoxy) is 1. The maximum atomic E-state index is 11.7. The summed E-state index contributed by atoms with van der Waals surface area (Å²) in [6.45, 7) is 2.35. The van der Waals surface area contributed by atoms with Crippen molar-refractivity contribution < 1.29 is 9.53 Å². The van der Waals surface area contributed by atoms with Crippen LogP contribution >= 0.6 is 15.9 Å². The Morgan fingerprint density at radius 2 is 2.38 bits per heavy atom. The van der Waals surface area contributed by atoms with E-state index in [1.165, 1.54) is 11.1 Å². The molecule has 0 amide bonds. The van der Waals surface area contributed by atoms with Crippen molar-refractivity contribution in [1.29, 1.82) is 0 Å². The van der Waals surface area contributed by atoms with Crippen molar-refractivity contribution in [2.24, 2.45) is 11.8 Å². The molecule has 0 N–H and O–H groups in total. The summed E-state index contributed by atoms with van der Waals surface area (Å²) in [6, 6.07) is 6.37. The van der Waals surface area contributed by atoms with Gasteiger partial charge in [-0.3, -0.25) is 4.79 Å². The van der Waals surface area contributed by atoms with Gasteiger partial charge >= 0.3 is 5.97 Å². The summed E-state index contributed by atoms with van der Waals surface area (Å²) in [5.74, 6) is 1.06. The Bertz CT molecular complexity index is 455. The first-order valence-electron chi connectivity index (χ1n) is 5.67. The van der Waals surface area contributed by atoms with Crippen LogP contribution in [0.25, 0.3) is 0 Å². The van der Waals surface area contributed by atoms with Crippen molar-refractivity contribution in [3.05, 3.63) is 33.8 Å². The summed E-state index contributed by atoms with van der Waals surface area (Å²) in [4.78, 5) is 11.7. The van der Waals surface area contributed by atoms with E-state index in [4.69, 9.17) is 4.74 Å². The van der Waals surface area contributed by atoms with Crippen LogP contribution in [0.1, 0.15) is 24.0 Å². The van der Waals surface area contributed by atoms with Crippen LogP contribution in [0.4, 0.5) is 0 Å². The average Bonchev–Trinajstić information content (AvgIpc) is 2.82. The molecule has 1 aromatic rings. The second-order valence-electron chi connectivity index (χ2n) is 4.51. The molecule has 2 aliphatic carbocycles. The number of esters is 1. The van der Waals surface area contributed by atoms with E-state index in [1.54, 1.807) is 0 Å². The third-order valence-electron chi connectivity index (χ3n) is 3.65. The van der Waals surface area contributed by atoms with Gasteiger partial charge in [0, 0.05) is 10.4 Å². The number of fused-ring (bicyclic) bond motifs is 3. The molecule has 3 rings (SSSR count). The molecule has 2 nitrogen and oxygen atoms in total. The average molecular weight is 281 g/mol. The van der Waals surface area contributed by atoms with Crippen LogP contribution in [0.3, 0.4) is 0 Å². The first-order chi connectivity index (χ1) is 7.72. The quantitative estimate of drug-likeness (QED) is 0.779. The molecule has 1 saturated carbocycles. The van der Waals surface area contributed by atoms with E-state index in [1.807, 2.05) is 6.92 Å². The fraction of sp³-hybridized carbons (Fsp3) is 0.462. The van der Waals surface area contributed by atoms with Crippen molar-refractivity contribution in [3.63, 3.8) is 0 Å². The van der Waals surface area contributed by atoms with Crippen LogP contribution in [0.5, 0.6) is 0 Å². The molecule has 0 saturated heterocycles. The Morgan fingerprint density at radius 1 is 1.56 bits per heavy atom. The molecular formula is C13H13BrO2. The largest absolute Gasteiger partial charge is 0.466 e. The van der Waals surface area contributed by atoms with Gasteiger partial charge in [0.05, 0.1) is 12.5 Å². The summed E-state index contributed by atoms with van der Waals surface area (Å²) in [6.07, 6.45) is 1.03. The number of rotatable bonds is 2. The number of halogens is 1. The number of hydrogen-bond donors (Lipinski definition) is 0. The molecule has 0 spiro atoms. The van der Waals surface area contributed by atoms with Crippen LogP contribution in [0.15, 0.2) is 22.7 Å². The fourth-order valence-electron chi connectivity index (χ4n) is 2.94. The fourth-order valence-corrected chi connectivity index (χ4v) is 3.35. The highest BCUT2D eigenvalue weighted by Crippen LogP contribution is 2.61. The maximum Gasteiger partial charge on any atom is 0.309 e. The standard InChI is InChI=1S/C13H13BrO2/c1-2-16-13(15)12-10-6-7-5-8(14)3-4-9(7)11(10)12/h3-5,10-12H,2,6H2,1H3. The molecule has 3 heteroatoms. The summed E-state index contributed by atoms with van der Waals surface area (Å²) in [5.41, 5.74) is 2.75. The van der Waals surface area contributed by atoms with Gasteiger partial charge in [0.1, 0.15) is 0 Å². The lowest BCUT2D eigenvalue weighted by atomic mass is 10.0. The van der Waals surface area contributed by atoms with Gasteiger partial charge in [0.25, 0.3) is 0 Å². The van der Waals surface area contributed by atoms with Crippen molar-refractivity contribution in [3.8, 4) is 0 Å². The zero-order valence-electron chi connectivity index (χ0n) is 9.07. The third-order valence-corrected chi connectivity index (χ3v) is 4.14. The minimum atomic E-state index is -0.00827. The molecule has 3 atom stereocenters. The van der Waals surface area contributed by atoms with Crippen molar-refractivity contribution in [2.75, 3.05) is 6.61 Å². The highest BCUT2D eigenvalue weighted by molar-refractivity contribution is 9.10. The zero-order chi connectivity index (χ0) is 11.3. The van der Waals surface area contributed by atoms with Crippen LogP contribution in [0.2, 0.25) is 0 Å². The molecular weight excluding hydrogens is 268 g/mol. The van der Waals surface area contributed by atoms with Gasteiger partial charge in [-0.15, -0.1) is 0 Å². The van der Waals surface area contributed by atoms with Crippen LogP contribution in [0, 0.1) is 11.8 Å². The molecule has 2 aliphatic rings. The van der Waals surface area contributed by atoms with Crippen LogP contribution in [-0.2, 0) is 16.0 Å². The summed E-state index contributed by atoms with van der Waals surface area (Å²) in [7, 11) is 0. The predicted molar refractivity (Wildman–Crippen MR) is 64.2 cm³/mol. The first kappa shape index (κ1) is 10.3. The summed E-state index contributed by atoms with van der Waals surface area (Å²) >= 11 is 3.48. The molecule has 1 fully saturated rings. The number of benzene rings is 1. The van der Waals surface area contributed by atoms with Gasteiger partial charge < -0.3 is 4.74 Å². The van der Waals surface area contributed by atoms with E-state index in [-0.39, 0.29) is 11.9 Å². The highest BCUT2D eigenvalue weighted by atomic mass is 79.9. The predicted octanol–water partition coefficient (Wildman–Crippen LogP) is 2.90. The van der Waals surface area contributed by atoms with E-state index in [0.717, 1.165) is 10.9 Å². The molecule has 0 aliphatic heterocycles. The lowest BCUT2D eigenvalue weighted by Gasteiger charge is -2.07. The van der Waals surface area contributed by atoms with E-state index >= 15 is 0 Å². The Balaban J connectivity index is 1.82. The molecule has 3 unspecified atom stereocenters. The summed E-state index contributed by atoms with van der Waals surface area (Å²) in [5, 5.41) is 0. The minimum Gasteiger partial charge on any atom is -0.466 e. The lowest BCUT2D eigenvalue weighted by molar-refractivity contribution is -0.145. The molecule has 84 valence electrons. The normalized spacial score (nSPS) is 29.5. The topological polar surface area (TPSA) is 26.3 Å². The SMILES string of the molecule is CCOC(=O)C1C2Cc3cc(Br)ccc3C21. The highest BCUT2D eigenvalue weighted by Gasteiger charge is 2.60. The third kappa shape index (κ3) is 1.41. The van der Waals surface area contributed by atoms with E-state index in [0.29, 0.717) is 18.4 Å². The van der Waals surface area contributed by atoms with E-state index < -0.39 is 0 Å². The molecule has 0 radical (unpaired) electrons. The Morgan fingerprint density at radius 3 is 3.12 bits per heavy atom. The number of carbonyl (C=O) groups excluding carboxylic acids is 1. The van der Waals surface area contributed by atoms with E-state index in [9.17, 15) is 4.79 Å². The van der Waals surface area contributed by atoms with Gasteiger partial charge in [-0.25, -0.2) is 0 Å². The van der Waals surface area contributed by atoms with Gasteiger partial charge in [-0.05, 0) is 42.5 Å². The minimum absolute atomic E-state index is 0.00827. The van der Waals surface area contributed by atoms with Gasteiger partial charge in [-0.2, -0.15) is 0 Å². The lowest BCUT2D eigenvalue weighted by Crippen LogP contribution is -2.10. The second kappa shape index (κ2) is 3.59. The van der Waals surface area contributed by atoms with Crippen LogP contribution < -0.4 is 0 Å². The Kier molecular flexibility index (Phi) is 2.32. The Hall–Kier alpha value is -0.830. The maximum absolute atomic E-state index is 11.7. The zero-order valence-corrected chi connectivity index (χ0v) is 10.7. The number of hydrogen-bond acceptors (Lipinski definition) is 2. The molecule has 0 aromatic heterocycles. The molecule has 0 bridgehead atoms. The van der Waals surface area contributed by atoms with Crippen LogP contribution in [-0.4, -0.2) is 12.6 Å². The van der Waals surface area contributed by atoms with Gasteiger partial charge in [0.15, 0.2) is 0 Å². The van der Waals surface area contributed by atoms with Gasteiger partial charge in [0.2, 0.25) is 0 Å². The monoisotopic (exact) mass is 280 g/mol. The Labute approximate surface area is 103 Å². The molecule has 16 heavy (non-hydrogen) atoms. The smallest absolute Gasteiger partial charge is 0.309 e. The first-order valence-corrected chi connectivity index (χ1v) is 6.46. The van der Waals surface area contributed by atoms with Gasteiger partial charge in [-0.1, -0.05) is 22.0 Å². The second-order valence-corrected chi connectivity index (χ2v) is 5.43. The van der Waals surface area contributed by atoms with E-state index in [2.05, 4.69) is 34.1 Å².